The molecule has 2 rings (SSSR count). The summed E-state index contributed by atoms with van der Waals surface area (Å²) in [4.78, 5) is 2.24. The van der Waals surface area contributed by atoms with E-state index in [1.165, 1.54) is 0 Å². The summed E-state index contributed by atoms with van der Waals surface area (Å²) in [6, 6.07) is 7.95. The summed E-state index contributed by atoms with van der Waals surface area (Å²) in [5, 5.41) is 8.66. The van der Waals surface area contributed by atoms with E-state index in [-0.39, 0.29) is 0 Å². The molecule has 0 amide bonds. The van der Waals surface area contributed by atoms with Gasteiger partial charge in [0.25, 0.3) is 0 Å². The lowest BCUT2D eigenvalue weighted by Crippen LogP contribution is -2.23. The molecule has 0 N–H and O–H groups in total. The Bertz CT molecular complexity index is 509. The van der Waals surface area contributed by atoms with Crippen molar-refractivity contribution in [2.45, 2.75) is 20.0 Å². The second kappa shape index (κ2) is 5.98. The lowest BCUT2D eigenvalue weighted by Gasteiger charge is -2.17. The summed E-state index contributed by atoms with van der Waals surface area (Å²) in [5.74, 6) is 0.946. The number of benzene rings is 1. The minimum absolute atomic E-state index is 0.824. The zero-order chi connectivity index (χ0) is 13.0. The summed E-state index contributed by atoms with van der Waals surface area (Å²) < 4.78 is 2.04. The Hall–Kier alpha value is -1.39. The van der Waals surface area contributed by atoms with Gasteiger partial charge in [-0.2, -0.15) is 0 Å². The van der Waals surface area contributed by atoms with E-state index in [9.17, 15) is 0 Å². The molecule has 0 bridgehead atoms. The lowest BCUT2D eigenvalue weighted by atomic mass is 10.2. The molecule has 2 aromatic rings. The fourth-order valence-corrected chi connectivity index (χ4v) is 2.00. The third-order valence-corrected chi connectivity index (χ3v) is 3.30. The fourth-order valence-electron chi connectivity index (χ4n) is 1.81. The minimum Gasteiger partial charge on any atom is -0.317 e. The summed E-state index contributed by atoms with van der Waals surface area (Å²) in [7, 11) is 2.09. The highest BCUT2D eigenvalue weighted by molar-refractivity contribution is 6.31. The number of hydrogen-bond donors (Lipinski definition) is 0. The van der Waals surface area contributed by atoms with Gasteiger partial charge in [-0.05, 0) is 25.6 Å². The highest BCUT2D eigenvalue weighted by Gasteiger charge is 2.05. The van der Waals surface area contributed by atoms with Gasteiger partial charge >= 0.3 is 0 Å². The number of hydrogen-bond acceptors (Lipinski definition) is 3. The molecule has 0 radical (unpaired) electrons. The molecule has 0 atom stereocenters. The third-order valence-electron chi connectivity index (χ3n) is 2.93. The molecular weight excluding hydrogens is 248 g/mol. The molecule has 0 unspecified atom stereocenters. The molecule has 0 saturated heterocycles. The van der Waals surface area contributed by atoms with Crippen molar-refractivity contribution in [3.05, 3.63) is 47.0 Å². The van der Waals surface area contributed by atoms with Crippen molar-refractivity contribution in [3.8, 4) is 0 Å². The zero-order valence-corrected chi connectivity index (χ0v) is 11.4. The Labute approximate surface area is 112 Å². The highest BCUT2D eigenvalue weighted by atomic mass is 35.5. The average Bonchev–Trinajstić information content (AvgIpc) is 2.75. The van der Waals surface area contributed by atoms with Crippen LogP contribution in [0.4, 0.5) is 0 Å². The maximum absolute atomic E-state index is 6.14. The first-order valence-corrected chi connectivity index (χ1v) is 6.31. The molecule has 5 heteroatoms. The monoisotopic (exact) mass is 264 g/mol. The van der Waals surface area contributed by atoms with Crippen LogP contribution in [0.3, 0.4) is 0 Å². The number of aryl methyl sites for hydroxylation is 1. The van der Waals surface area contributed by atoms with Crippen molar-refractivity contribution in [3.63, 3.8) is 0 Å². The quantitative estimate of drug-likeness (QED) is 0.832. The highest BCUT2D eigenvalue weighted by Crippen LogP contribution is 2.16. The Balaban J connectivity index is 1.88. The first kappa shape index (κ1) is 13.1. The number of rotatable bonds is 5. The fraction of sp³-hybridized carbons (Fsp3) is 0.385. The van der Waals surface area contributed by atoms with Gasteiger partial charge in [0.1, 0.15) is 12.2 Å². The van der Waals surface area contributed by atoms with E-state index in [0.29, 0.717) is 0 Å². The van der Waals surface area contributed by atoms with Crippen LogP contribution in [0.2, 0.25) is 5.02 Å². The van der Waals surface area contributed by atoms with Crippen LogP contribution in [0.25, 0.3) is 0 Å². The lowest BCUT2D eigenvalue weighted by molar-refractivity contribution is 0.310. The van der Waals surface area contributed by atoms with E-state index >= 15 is 0 Å². The second-order valence-corrected chi connectivity index (χ2v) is 4.81. The van der Waals surface area contributed by atoms with Crippen molar-refractivity contribution in [2.75, 3.05) is 13.6 Å². The Morgan fingerprint density at radius 2 is 2.11 bits per heavy atom. The van der Waals surface area contributed by atoms with Crippen LogP contribution in [0.15, 0.2) is 30.6 Å². The van der Waals surface area contributed by atoms with Crippen molar-refractivity contribution < 1.29 is 0 Å². The molecule has 0 aliphatic carbocycles. The molecule has 0 fully saturated rings. The molecule has 1 aromatic heterocycles. The van der Waals surface area contributed by atoms with Crippen LogP contribution >= 0.6 is 11.6 Å². The molecule has 0 saturated carbocycles. The van der Waals surface area contributed by atoms with Crippen LogP contribution < -0.4 is 0 Å². The summed E-state index contributed by atoms with van der Waals surface area (Å²) in [5.41, 5.74) is 1.15. The Morgan fingerprint density at radius 1 is 1.33 bits per heavy atom. The number of likely N-dealkylation sites (N-methyl/N-ethyl adjacent to an activating group) is 1. The van der Waals surface area contributed by atoms with E-state index in [2.05, 4.69) is 28.2 Å². The number of halogens is 1. The van der Waals surface area contributed by atoms with Gasteiger partial charge in [0.05, 0.1) is 0 Å². The van der Waals surface area contributed by atoms with Gasteiger partial charge in [0.2, 0.25) is 0 Å². The minimum atomic E-state index is 0.824. The summed E-state index contributed by atoms with van der Waals surface area (Å²) in [6.07, 6.45) is 1.76. The van der Waals surface area contributed by atoms with Crippen LogP contribution in [0, 0.1) is 6.92 Å². The normalized spacial score (nSPS) is 11.1. The van der Waals surface area contributed by atoms with Crippen LogP contribution in [-0.2, 0) is 13.1 Å². The Kier molecular flexibility index (Phi) is 4.33. The van der Waals surface area contributed by atoms with Gasteiger partial charge in [0, 0.05) is 24.7 Å². The molecule has 0 spiro atoms. The van der Waals surface area contributed by atoms with Crippen LogP contribution in [-0.4, -0.2) is 33.3 Å². The molecule has 18 heavy (non-hydrogen) atoms. The predicted octanol–water partition coefficient (Wildman–Crippen LogP) is 2.37. The van der Waals surface area contributed by atoms with Gasteiger partial charge in [-0.15, -0.1) is 10.2 Å². The van der Waals surface area contributed by atoms with Gasteiger partial charge in [-0.3, -0.25) is 0 Å². The molecule has 1 heterocycles. The van der Waals surface area contributed by atoms with Gasteiger partial charge in [0.15, 0.2) is 0 Å². The standard InChI is InChI=1S/C13H17ClN4/c1-11-16-15-10-18(11)8-7-17(2)9-12-5-3-4-6-13(12)14/h3-6,10H,7-9H2,1-2H3. The third kappa shape index (κ3) is 3.31. The van der Waals surface area contributed by atoms with Crippen LogP contribution in [0.1, 0.15) is 11.4 Å². The van der Waals surface area contributed by atoms with Crippen LogP contribution in [0.5, 0.6) is 0 Å². The molecule has 96 valence electrons. The van der Waals surface area contributed by atoms with Gasteiger partial charge < -0.3 is 9.47 Å². The molecule has 4 nitrogen and oxygen atoms in total. The maximum Gasteiger partial charge on any atom is 0.129 e. The first-order valence-electron chi connectivity index (χ1n) is 5.93. The SMILES string of the molecule is Cc1nncn1CCN(C)Cc1ccccc1Cl. The largest absolute Gasteiger partial charge is 0.317 e. The second-order valence-electron chi connectivity index (χ2n) is 4.40. The van der Waals surface area contributed by atoms with E-state index in [1.54, 1.807) is 6.33 Å². The van der Waals surface area contributed by atoms with Crippen molar-refractivity contribution in [2.24, 2.45) is 0 Å². The van der Waals surface area contributed by atoms with Gasteiger partial charge in [-0.25, -0.2) is 0 Å². The summed E-state index contributed by atoms with van der Waals surface area (Å²) >= 11 is 6.14. The van der Waals surface area contributed by atoms with E-state index in [1.807, 2.05) is 29.7 Å². The van der Waals surface area contributed by atoms with Crippen molar-refractivity contribution in [1.82, 2.24) is 19.7 Å². The average molecular weight is 265 g/mol. The number of nitrogens with zero attached hydrogens (tertiary/aromatic N) is 4. The molecular formula is C13H17ClN4. The Morgan fingerprint density at radius 3 is 2.78 bits per heavy atom. The first-order chi connectivity index (χ1) is 8.66. The van der Waals surface area contributed by atoms with E-state index in [0.717, 1.165) is 36.0 Å². The smallest absolute Gasteiger partial charge is 0.129 e. The molecule has 0 aliphatic heterocycles. The predicted molar refractivity (Wildman–Crippen MR) is 72.5 cm³/mol. The van der Waals surface area contributed by atoms with Crippen molar-refractivity contribution >= 4 is 11.6 Å². The maximum atomic E-state index is 6.14. The zero-order valence-electron chi connectivity index (χ0n) is 10.7. The van der Waals surface area contributed by atoms with E-state index in [4.69, 9.17) is 11.6 Å². The topological polar surface area (TPSA) is 34.0 Å². The van der Waals surface area contributed by atoms with E-state index < -0.39 is 0 Å². The number of aromatic nitrogens is 3. The van der Waals surface area contributed by atoms with Gasteiger partial charge in [-0.1, -0.05) is 29.8 Å². The molecule has 1 aromatic carbocycles. The summed E-state index contributed by atoms with van der Waals surface area (Å²) in [6.45, 7) is 4.63. The molecule has 0 aliphatic rings. The van der Waals surface area contributed by atoms with Crippen molar-refractivity contribution in [1.29, 1.82) is 0 Å².